The molecule has 3 rings (SSSR count). The molecule has 0 spiro atoms. The molecule has 0 bridgehead atoms. The third-order valence-corrected chi connectivity index (χ3v) is 4.14. The number of morpholine rings is 1. The normalized spacial score (nSPS) is 24.1. The van der Waals surface area contributed by atoms with Crippen LogP contribution in [0.1, 0.15) is 24.8 Å². The van der Waals surface area contributed by atoms with E-state index in [9.17, 15) is 4.79 Å². The van der Waals surface area contributed by atoms with Gasteiger partial charge >= 0.3 is 0 Å². The van der Waals surface area contributed by atoms with Crippen LogP contribution >= 0.6 is 0 Å². The van der Waals surface area contributed by atoms with Crippen molar-refractivity contribution < 1.29 is 9.53 Å². The Balaban J connectivity index is 1.51. The van der Waals surface area contributed by atoms with Gasteiger partial charge in [0.2, 0.25) is 0 Å². The molecule has 1 N–H and O–H groups in total. The van der Waals surface area contributed by atoms with E-state index < -0.39 is 0 Å². The van der Waals surface area contributed by atoms with Crippen molar-refractivity contribution in [1.29, 1.82) is 0 Å². The van der Waals surface area contributed by atoms with E-state index in [1.807, 2.05) is 6.07 Å². The Bertz CT molecular complexity index is 445. The van der Waals surface area contributed by atoms with Gasteiger partial charge in [-0.05, 0) is 24.8 Å². The number of hydrogen-bond acceptors (Lipinski definition) is 3. The molecule has 2 fully saturated rings. The molecule has 1 aliphatic carbocycles. The summed E-state index contributed by atoms with van der Waals surface area (Å²) < 4.78 is 5.62. The zero-order valence-electron chi connectivity index (χ0n) is 11.8. The maximum atomic E-state index is 12.1. The lowest BCUT2D eigenvalue weighted by molar-refractivity contribution is -0.140. The SMILES string of the molecule is O=C(NC1CCC1)[C@H]1CN(Cc2ccccc2)CCO1. The van der Waals surface area contributed by atoms with Crippen molar-refractivity contribution in [3.8, 4) is 0 Å². The lowest BCUT2D eigenvalue weighted by Gasteiger charge is -2.34. The zero-order chi connectivity index (χ0) is 13.8. The maximum absolute atomic E-state index is 12.1. The highest BCUT2D eigenvalue weighted by Gasteiger charge is 2.29. The first-order valence-electron chi connectivity index (χ1n) is 7.49. The van der Waals surface area contributed by atoms with Crippen molar-refractivity contribution >= 4 is 5.91 Å². The van der Waals surface area contributed by atoms with Crippen LogP contribution in [-0.2, 0) is 16.1 Å². The minimum Gasteiger partial charge on any atom is -0.366 e. The summed E-state index contributed by atoms with van der Waals surface area (Å²) in [6.07, 6.45) is 3.16. The predicted molar refractivity (Wildman–Crippen MR) is 77.2 cm³/mol. The average Bonchev–Trinajstić information content (AvgIpc) is 2.44. The maximum Gasteiger partial charge on any atom is 0.250 e. The zero-order valence-corrected chi connectivity index (χ0v) is 11.8. The van der Waals surface area contributed by atoms with Crippen molar-refractivity contribution in [2.75, 3.05) is 19.7 Å². The minimum absolute atomic E-state index is 0.0625. The Morgan fingerprint density at radius 2 is 2.10 bits per heavy atom. The second-order valence-electron chi connectivity index (χ2n) is 5.72. The lowest BCUT2D eigenvalue weighted by Crippen LogP contribution is -2.52. The third-order valence-electron chi connectivity index (χ3n) is 4.14. The molecule has 1 aromatic carbocycles. The average molecular weight is 274 g/mol. The Hall–Kier alpha value is -1.39. The summed E-state index contributed by atoms with van der Waals surface area (Å²) in [6.45, 7) is 3.10. The largest absolute Gasteiger partial charge is 0.366 e. The van der Waals surface area contributed by atoms with Crippen LogP contribution in [0.3, 0.4) is 0 Å². The van der Waals surface area contributed by atoms with E-state index >= 15 is 0 Å². The van der Waals surface area contributed by atoms with Gasteiger partial charge in [0.1, 0.15) is 6.10 Å². The van der Waals surface area contributed by atoms with Crippen LogP contribution in [0, 0.1) is 0 Å². The van der Waals surface area contributed by atoms with Gasteiger partial charge in [-0.25, -0.2) is 0 Å². The molecular formula is C16H22N2O2. The fourth-order valence-electron chi connectivity index (χ4n) is 2.69. The molecule has 1 aliphatic heterocycles. The van der Waals surface area contributed by atoms with Crippen molar-refractivity contribution in [1.82, 2.24) is 10.2 Å². The Labute approximate surface area is 120 Å². The van der Waals surface area contributed by atoms with E-state index in [1.165, 1.54) is 12.0 Å². The standard InChI is InChI=1S/C16H22N2O2/c19-16(17-14-7-4-8-14)15-12-18(9-10-20-15)11-13-5-2-1-3-6-13/h1-3,5-6,14-15H,4,7-12H2,(H,17,19)/t15-/m1/s1. The van der Waals surface area contributed by atoms with Crippen molar-refractivity contribution in [3.63, 3.8) is 0 Å². The molecule has 0 radical (unpaired) electrons. The molecule has 4 heteroatoms. The number of ether oxygens (including phenoxy) is 1. The minimum atomic E-state index is -0.312. The summed E-state index contributed by atoms with van der Waals surface area (Å²) >= 11 is 0. The van der Waals surface area contributed by atoms with Gasteiger partial charge in [-0.2, -0.15) is 0 Å². The lowest BCUT2D eigenvalue weighted by atomic mass is 9.93. The van der Waals surface area contributed by atoms with Gasteiger partial charge in [0.15, 0.2) is 0 Å². The van der Waals surface area contributed by atoms with E-state index in [-0.39, 0.29) is 12.0 Å². The monoisotopic (exact) mass is 274 g/mol. The van der Waals surface area contributed by atoms with Gasteiger partial charge in [0.05, 0.1) is 6.61 Å². The molecule has 0 aromatic heterocycles. The van der Waals surface area contributed by atoms with E-state index in [1.54, 1.807) is 0 Å². The predicted octanol–water partition coefficient (Wildman–Crippen LogP) is 1.56. The van der Waals surface area contributed by atoms with Gasteiger partial charge in [-0.3, -0.25) is 9.69 Å². The molecule has 0 unspecified atom stereocenters. The Morgan fingerprint density at radius 3 is 2.80 bits per heavy atom. The van der Waals surface area contributed by atoms with Crippen LogP contribution in [0.5, 0.6) is 0 Å². The molecule has 4 nitrogen and oxygen atoms in total. The number of rotatable bonds is 4. The van der Waals surface area contributed by atoms with E-state index in [4.69, 9.17) is 4.74 Å². The number of amides is 1. The van der Waals surface area contributed by atoms with Gasteiger partial charge in [0.25, 0.3) is 5.91 Å². The first kappa shape index (κ1) is 13.6. The number of nitrogens with zero attached hydrogens (tertiary/aromatic N) is 1. The van der Waals surface area contributed by atoms with Crippen LogP contribution in [0.15, 0.2) is 30.3 Å². The molecular weight excluding hydrogens is 252 g/mol. The molecule has 2 aliphatic rings. The molecule has 108 valence electrons. The summed E-state index contributed by atoms with van der Waals surface area (Å²) in [5, 5.41) is 3.08. The number of carbonyl (C=O) groups is 1. The smallest absolute Gasteiger partial charge is 0.250 e. The Morgan fingerprint density at radius 1 is 1.30 bits per heavy atom. The van der Waals surface area contributed by atoms with Gasteiger partial charge in [-0.15, -0.1) is 0 Å². The van der Waals surface area contributed by atoms with E-state index in [0.29, 0.717) is 19.2 Å². The number of benzene rings is 1. The van der Waals surface area contributed by atoms with Crippen molar-refractivity contribution in [3.05, 3.63) is 35.9 Å². The van der Waals surface area contributed by atoms with Crippen LogP contribution < -0.4 is 5.32 Å². The first-order chi connectivity index (χ1) is 9.81. The van der Waals surface area contributed by atoms with E-state index in [0.717, 1.165) is 25.9 Å². The van der Waals surface area contributed by atoms with Gasteiger partial charge in [-0.1, -0.05) is 30.3 Å². The second-order valence-corrected chi connectivity index (χ2v) is 5.72. The molecule has 1 aromatic rings. The summed E-state index contributed by atoms with van der Waals surface area (Å²) in [5.41, 5.74) is 1.28. The van der Waals surface area contributed by atoms with Crippen LogP contribution in [0.4, 0.5) is 0 Å². The summed E-state index contributed by atoms with van der Waals surface area (Å²) in [5.74, 6) is 0.0625. The highest BCUT2D eigenvalue weighted by atomic mass is 16.5. The van der Waals surface area contributed by atoms with Crippen LogP contribution in [0.25, 0.3) is 0 Å². The van der Waals surface area contributed by atoms with Crippen LogP contribution in [-0.4, -0.2) is 42.6 Å². The second kappa shape index (κ2) is 6.37. The summed E-state index contributed by atoms with van der Waals surface area (Å²) in [6, 6.07) is 10.8. The fourth-order valence-corrected chi connectivity index (χ4v) is 2.69. The number of nitrogens with one attached hydrogen (secondary N) is 1. The molecule has 1 saturated heterocycles. The molecule has 1 atom stereocenters. The van der Waals surface area contributed by atoms with Crippen molar-refractivity contribution in [2.45, 2.75) is 38.0 Å². The molecule has 1 heterocycles. The highest BCUT2D eigenvalue weighted by Crippen LogP contribution is 2.19. The third kappa shape index (κ3) is 3.38. The quantitative estimate of drug-likeness (QED) is 0.906. The highest BCUT2D eigenvalue weighted by molar-refractivity contribution is 5.81. The topological polar surface area (TPSA) is 41.6 Å². The first-order valence-corrected chi connectivity index (χ1v) is 7.49. The fraction of sp³-hybridized carbons (Fsp3) is 0.562. The molecule has 1 amide bonds. The number of carbonyl (C=O) groups excluding carboxylic acids is 1. The molecule has 20 heavy (non-hydrogen) atoms. The molecule has 1 saturated carbocycles. The van der Waals surface area contributed by atoms with Gasteiger partial charge < -0.3 is 10.1 Å². The van der Waals surface area contributed by atoms with Crippen molar-refractivity contribution in [2.24, 2.45) is 0 Å². The summed E-state index contributed by atoms with van der Waals surface area (Å²) in [4.78, 5) is 14.4. The Kier molecular flexibility index (Phi) is 4.33. The van der Waals surface area contributed by atoms with Crippen LogP contribution in [0.2, 0.25) is 0 Å². The number of hydrogen-bond donors (Lipinski definition) is 1. The van der Waals surface area contributed by atoms with Gasteiger partial charge in [0, 0.05) is 25.7 Å². The summed E-state index contributed by atoms with van der Waals surface area (Å²) in [7, 11) is 0. The van der Waals surface area contributed by atoms with E-state index in [2.05, 4.69) is 34.5 Å².